The van der Waals surface area contributed by atoms with Crippen molar-refractivity contribution in [2.45, 2.75) is 6.92 Å². The van der Waals surface area contributed by atoms with Gasteiger partial charge in [0, 0.05) is 17.6 Å². The Bertz CT molecular complexity index is 974. The SMILES string of the molecule is Cc1ccc(Nc2nccc(Nc3ccc4nc[nH]c4c3)n2)cc1. The molecular weight excluding hydrogens is 300 g/mol. The molecule has 0 atom stereocenters. The number of fused-ring (bicyclic) bond motifs is 1. The Hall–Kier alpha value is -3.41. The topological polar surface area (TPSA) is 78.5 Å². The lowest BCUT2D eigenvalue weighted by Crippen LogP contribution is -2.00. The monoisotopic (exact) mass is 316 g/mol. The minimum absolute atomic E-state index is 0.548. The van der Waals surface area contributed by atoms with Crippen molar-refractivity contribution in [3.63, 3.8) is 0 Å². The molecule has 0 radical (unpaired) electrons. The molecule has 0 aliphatic carbocycles. The second kappa shape index (κ2) is 6.00. The van der Waals surface area contributed by atoms with Gasteiger partial charge < -0.3 is 15.6 Å². The summed E-state index contributed by atoms with van der Waals surface area (Å²) in [5.41, 5.74) is 5.02. The molecule has 0 unspecified atom stereocenters. The molecule has 0 aliphatic heterocycles. The smallest absolute Gasteiger partial charge is 0.229 e. The third kappa shape index (κ3) is 3.03. The van der Waals surface area contributed by atoms with Crippen LogP contribution in [-0.4, -0.2) is 19.9 Å². The second-order valence-electron chi connectivity index (χ2n) is 5.52. The van der Waals surface area contributed by atoms with Crippen molar-refractivity contribution in [2.75, 3.05) is 10.6 Å². The van der Waals surface area contributed by atoms with Crippen LogP contribution in [0.5, 0.6) is 0 Å². The van der Waals surface area contributed by atoms with Gasteiger partial charge in [-0.2, -0.15) is 4.98 Å². The summed E-state index contributed by atoms with van der Waals surface area (Å²) in [6.45, 7) is 2.06. The number of aromatic nitrogens is 4. The third-order valence-electron chi connectivity index (χ3n) is 3.66. The number of aryl methyl sites for hydroxylation is 1. The van der Waals surface area contributed by atoms with Crippen LogP contribution < -0.4 is 10.6 Å². The summed E-state index contributed by atoms with van der Waals surface area (Å²) in [6, 6.07) is 15.9. The van der Waals surface area contributed by atoms with E-state index in [1.807, 2.05) is 48.5 Å². The van der Waals surface area contributed by atoms with E-state index in [1.54, 1.807) is 12.5 Å². The minimum Gasteiger partial charge on any atom is -0.345 e. The van der Waals surface area contributed by atoms with E-state index in [4.69, 9.17) is 0 Å². The largest absolute Gasteiger partial charge is 0.345 e. The summed E-state index contributed by atoms with van der Waals surface area (Å²) in [5.74, 6) is 1.27. The molecule has 0 spiro atoms. The molecule has 4 aromatic rings. The Kier molecular flexibility index (Phi) is 3.55. The molecule has 118 valence electrons. The van der Waals surface area contributed by atoms with Crippen LogP contribution in [0.1, 0.15) is 5.56 Å². The number of anilines is 4. The van der Waals surface area contributed by atoms with Gasteiger partial charge in [0.1, 0.15) is 5.82 Å². The van der Waals surface area contributed by atoms with E-state index >= 15 is 0 Å². The zero-order chi connectivity index (χ0) is 16.4. The Balaban J connectivity index is 1.54. The van der Waals surface area contributed by atoms with E-state index in [0.717, 1.165) is 28.2 Å². The van der Waals surface area contributed by atoms with Crippen molar-refractivity contribution >= 4 is 34.2 Å². The zero-order valence-corrected chi connectivity index (χ0v) is 13.1. The Morgan fingerprint density at radius 2 is 1.71 bits per heavy atom. The fourth-order valence-electron chi connectivity index (χ4n) is 2.42. The van der Waals surface area contributed by atoms with Crippen LogP contribution in [0, 0.1) is 6.92 Å². The van der Waals surface area contributed by atoms with Crippen LogP contribution in [0.3, 0.4) is 0 Å². The number of rotatable bonds is 4. The lowest BCUT2D eigenvalue weighted by molar-refractivity contribution is 1.16. The lowest BCUT2D eigenvalue weighted by atomic mass is 10.2. The number of aromatic amines is 1. The lowest BCUT2D eigenvalue weighted by Gasteiger charge is -2.08. The Labute approximate surface area is 139 Å². The standard InChI is InChI=1S/C18H16N6/c1-12-2-4-13(5-3-12)23-18-19-9-8-17(24-18)22-14-6-7-15-16(10-14)21-11-20-15/h2-11H,1H3,(H,20,21)(H2,19,22,23,24). The van der Waals surface area contributed by atoms with Crippen molar-refractivity contribution in [3.8, 4) is 0 Å². The molecule has 6 heteroatoms. The maximum atomic E-state index is 4.49. The second-order valence-corrected chi connectivity index (χ2v) is 5.52. The number of nitrogens with one attached hydrogen (secondary N) is 3. The molecule has 3 N–H and O–H groups in total. The number of benzene rings is 2. The molecular formula is C18H16N6. The molecule has 6 nitrogen and oxygen atoms in total. The van der Waals surface area contributed by atoms with Gasteiger partial charge >= 0.3 is 0 Å². The average Bonchev–Trinajstić information content (AvgIpc) is 3.05. The van der Waals surface area contributed by atoms with Gasteiger partial charge in [0.15, 0.2) is 0 Å². The molecule has 0 saturated heterocycles. The van der Waals surface area contributed by atoms with Gasteiger partial charge in [-0.25, -0.2) is 9.97 Å². The van der Waals surface area contributed by atoms with Gasteiger partial charge in [0.05, 0.1) is 17.4 Å². The molecule has 2 aromatic heterocycles. The summed E-state index contributed by atoms with van der Waals surface area (Å²) in [7, 11) is 0. The summed E-state index contributed by atoms with van der Waals surface area (Å²) in [6.07, 6.45) is 3.41. The predicted octanol–water partition coefficient (Wildman–Crippen LogP) is 4.15. The average molecular weight is 316 g/mol. The predicted molar refractivity (Wildman–Crippen MR) is 95.9 cm³/mol. The molecule has 2 heterocycles. The number of hydrogen-bond donors (Lipinski definition) is 3. The van der Waals surface area contributed by atoms with Crippen molar-refractivity contribution in [3.05, 3.63) is 66.6 Å². The van der Waals surface area contributed by atoms with Crippen LogP contribution >= 0.6 is 0 Å². The van der Waals surface area contributed by atoms with Gasteiger partial charge in [-0.05, 0) is 43.3 Å². The Morgan fingerprint density at radius 1 is 0.875 bits per heavy atom. The minimum atomic E-state index is 0.548. The van der Waals surface area contributed by atoms with Crippen molar-refractivity contribution in [1.82, 2.24) is 19.9 Å². The van der Waals surface area contributed by atoms with Gasteiger partial charge in [0.2, 0.25) is 5.95 Å². The van der Waals surface area contributed by atoms with Gasteiger partial charge in [-0.3, -0.25) is 0 Å². The van der Waals surface area contributed by atoms with E-state index in [1.165, 1.54) is 5.56 Å². The van der Waals surface area contributed by atoms with Gasteiger partial charge in [-0.15, -0.1) is 0 Å². The first kappa shape index (κ1) is 14.2. The highest BCUT2D eigenvalue weighted by molar-refractivity contribution is 5.79. The fraction of sp³-hybridized carbons (Fsp3) is 0.0556. The zero-order valence-electron chi connectivity index (χ0n) is 13.1. The number of imidazole rings is 1. The summed E-state index contributed by atoms with van der Waals surface area (Å²) < 4.78 is 0. The maximum Gasteiger partial charge on any atom is 0.229 e. The van der Waals surface area contributed by atoms with Crippen LogP contribution in [0.25, 0.3) is 11.0 Å². The van der Waals surface area contributed by atoms with Gasteiger partial charge in [-0.1, -0.05) is 17.7 Å². The number of hydrogen-bond acceptors (Lipinski definition) is 5. The van der Waals surface area contributed by atoms with Crippen molar-refractivity contribution in [1.29, 1.82) is 0 Å². The van der Waals surface area contributed by atoms with Crippen molar-refractivity contribution in [2.24, 2.45) is 0 Å². The number of H-pyrrole nitrogens is 1. The van der Waals surface area contributed by atoms with E-state index in [2.05, 4.69) is 37.5 Å². The van der Waals surface area contributed by atoms with E-state index in [-0.39, 0.29) is 0 Å². The summed E-state index contributed by atoms with van der Waals surface area (Å²) >= 11 is 0. The molecule has 0 saturated carbocycles. The van der Waals surface area contributed by atoms with Crippen molar-refractivity contribution < 1.29 is 0 Å². The highest BCUT2D eigenvalue weighted by atomic mass is 15.1. The normalized spacial score (nSPS) is 10.7. The Morgan fingerprint density at radius 3 is 2.58 bits per heavy atom. The van der Waals surface area contributed by atoms with Crippen LogP contribution in [0.4, 0.5) is 23.1 Å². The molecule has 24 heavy (non-hydrogen) atoms. The quantitative estimate of drug-likeness (QED) is 0.527. The first-order valence-corrected chi connectivity index (χ1v) is 7.63. The van der Waals surface area contributed by atoms with E-state index in [9.17, 15) is 0 Å². The highest BCUT2D eigenvalue weighted by Crippen LogP contribution is 2.20. The molecule has 0 amide bonds. The summed E-state index contributed by atoms with van der Waals surface area (Å²) in [5, 5.41) is 6.49. The third-order valence-corrected chi connectivity index (χ3v) is 3.66. The maximum absolute atomic E-state index is 4.49. The fourth-order valence-corrected chi connectivity index (χ4v) is 2.42. The van der Waals surface area contributed by atoms with Crippen LogP contribution in [-0.2, 0) is 0 Å². The van der Waals surface area contributed by atoms with Crippen LogP contribution in [0.2, 0.25) is 0 Å². The summed E-state index contributed by atoms with van der Waals surface area (Å²) in [4.78, 5) is 16.1. The highest BCUT2D eigenvalue weighted by Gasteiger charge is 2.03. The van der Waals surface area contributed by atoms with E-state index in [0.29, 0.717) is 5.95 Å². The first-order chi connectivity index (χ1) is 11.8. The number of nitrogens with zero attached hydrogens (tertiary/aromatic N) is 3. The van der Waals surface area contributed by atoms with Gasteiger partial charge in [0.25, 0.3) is 0 Å². The molecule has 0 fully saturated rings. The molecule has 0 bridgehead atoms. The van der Waals surface area contributed by atoms with E-state index < -0.39 is 0 Å². The molecule has 2 aromatic carbocycles. The van der Waals surface area contributed by atoms with Crippen LogP contribution in [0.15, 0.2) is 61.1 Å². The molecule has 4 rings (SSSR count). The first-order valence-electron chi connectivity index (χ1n) is 7.63. The molecule has 0 aliphatic rings.